The van der Waals surface area contributed by atoms with Crippen LogP contribution in [0.5, 0.6) is 5.88 Å². The Morgan fingerprint density at radius 1 is 1.53 bits per heavy atom. The molecule has 2 rings (SSSR count). The highest BCUT2D eigenvalue weighted by Crippen LogP contribution is 2.14. The quantitative estimate of drug-likeness (QED) is 0.764. The molecule has 0 bridgehead atoms. The van der Waals surface area contributed by atoms with Crippen LogP contribution < -0.4 is 10.1 Å². The zero-order chi connectivity index (χ0) is 11.9. The van der Waals surface area contributed by atoms with E-state index in [-0.39, 0.29) is 6.10 Å². The molecular weight excluding hydrogens is 216 g/mol. The summed E-state index contributed by atoms with van der Waals surface area (Å²) < 4.78 is 11.0. The maximum absolute atomic E-state index is 5.70. The molecule has 1 aliphatic heterocycles. The third-order valence-electron chi connectivity index (χ3n) is 2.73. The second-order valence-electron chi connectivity index (χ2n) is 4.28. The minimum atomic E-state index is 0.173. The van der Waals surface area contributed by atoms with Gasteiger partial charge in [-0.25, -0.2) is 4.98 Å². The number of pyridine rings is 1. The minimum absolute atomic E-state index is 0.173. The van der Waals surface area contributed by atoms with E-state index in [0.717, 1.165) is 32.5 Å². The zero-order valence-electron chi connectivity index (χ0n) is 10.3. The van der Waals surface area contributed by atoms with E-state index in [1.807, 2.05) is 12.3 Å². The molecule has 1 aromatic heterocycles. The van der Waals surface area contributed by atoms with E-state index in [9.17, 15) is 0 Å². The molecule has 4 heteroatoms. The minimum Gasteiger partial charge on any atom is -0.472 e. The summed E-state index contributed by atoms with van der Waals surface area (Å²) in [6.45, 7) is 5.54. The Balaban J connectivity index is 1.80. The predicted molar refractivity (Wildman–Crippen MR) is 66.1 cm³/mol. The van der Waals surface area contributed by atoms with Crippen molar-refractivity contribution in [3.05, 3.63) is 23.9 Å². The van der Waals surface area contributed by atoms with Crippen LogP contribution in [0, 0.1) is 0 Å². The van der Waals surface area contributed by atoms with E-state index < -0.39 is 0 Å². The van der Waals surface area contributed by atoms with Gasteiger partial charge in [0.25, 0.3) is 0 Å². The third kappa shape index (κ3) is 3.98. The summed E-state index contributed by atoms with van der Waals surface area (Å²) in [6, 6.07) is 3.99. The van der Waals surface area contributed by atoms with Crippen molar-refractivity contribution in [2.24, 2.45) is 0 Å². The van der Waals surface area contributed by atoms with Crippen molar-refractivity contribution >= 4 is 0 Å². The van der Waals surface area contributed by atoms with Crippen molar-refractivity contribution in [1.29, 1.82) is 0 Å². The summed E-state index contributed by atoms with van der Waals surface area (Å²) in [6.07, 6.45) is 4.15. The lowest BCUT2D eigenvalue weighted by atomic mass is 10.3. The Morgan fingerprint density at radius 3 is 3.12 bits per heavy atom. The monoisotopic (exact) mass is 236 g/mol. The lowest BCUT2D eigenvalue weighted by Crippen LogP contribution is -2.17. The van der Waals surface area contributed by atoms with Crippen LogP contribution in [-0.2, 0) is 11.3 Å². The number of aromatic nitrogens is 1. The Kier molecular flexibility index (Phi) is 4.76. The zero-order valence-corrected chi connectivity index (χ0v) is 10.3. The first kappa shape index (κ1) is 12.3. The smallest absolute Gasteiger partial charge is 0.213 e. The maximum Gasteiger partial charge on any atom is 0.213 e. The van der Waals surface area contributed by atoms with Gasteiger partial charge in [-0.2, -0.15) is 0 Å². The van der Waals surface area contributed by atoms with Crippen LogP contribution in [0.2, 0.25) is 0 Å². The topological polar surface area (TPSA) is 43.4 Å². The lowest BCUT2D eigenvalue weighted by molar-refractivity contribution is 0.138. The normalized spacial score (nSPS) is 19.5. The van der Waals surface area contributed by atoms with Gasteiger partial charge in [-0.05, 0) is 18.5 Å². The van der Waals surface area contributed by atoms with Gasteiger partial charge in [0.05, 0.1) is 13.2 Å². The number of hydrogen-bond donors (Lipinski definition) is 1. The average molecular weight is 236 g/mol. The fourth-order valence-corrected chi connectivity index (χ4v) is 1.77. The van der Waals surface area contributed by atoms with E-state index in [1.165, 1.54) is 5.56 Å². The van der Waals surface area contributed by atoms with Crippen molar-refractivity contribution in [2.75, 3.05) is 19.8 Å². The number of hydrogen-bond acceptors (Lipinski definition) is 4. The second-order valence-corrected chi connectivity index (χ2v) is 4.28. The molecule has 1 aromatic rings. The van der Waals surface area contributed by atoms with E-state index in [4.69, 9.17) is 9.47 Å². The third-order valence-corrected chi connectivity index (χ3v) is 2.73. The molecule has 0 aromatic carbocycles. The van der Waals surface area contributed by atoms with Crippen LogP contribution in [0.3, 0.4) is 0 Å². The highest BCUT2D eigenvalue weighted by molar-refractivity contribution is 5.18. The summed E-state index contributed by atoms with van der Waals surface area (Å²) in [5.74, 6) is 0.694. The standard InChI is InChI=1S/C13H20N2O2/c1-2-6-14-8-11-3-4-13(15-9-11)17-12-5-7-16-10-12/h3-4,9,12,14H,2,5-8,10H2,1H3. The highest BCUT2D eigenvalue weighted by atomic mass is 16.5. The molecule has 1 fully saturated rings. The molecule has 2 heterocycles. The molecular formula is C13H20N2O2. The van der Waals surface area contributed by atoms with Gasteiger partial charge in [0.2, 0.25) is 5.88 Å². The van der Waals surface area contributed by atoms with Crippen LogP contribution in [-0.4, -0.2) is 30.8 Å². The van der Waals surface area contributed by atoms with Gasteiger partial charge in [-0.15, -0.1) is 0 Å². The molecule has 94 valence electrons. The van der Waals surface area contributed by atoms with Crippen molar-refractivity contribution in [3.63, 3.8) is 0 Å². The Morgan fingerprint density at radius 2 is 2.47 bits per heavy atom. The lowest BCUT2D eigenvalue weighted by Gasteiger charge is -2.11. The summed E-state index contributed by atoms with van der Waals surface area (Å²) >= 11 is 0. The van der Waals surface area contributed by atoms with Crippen molar-refractivity contribution in [2.45, 2.75) is 32.4 Å². The SMILES string of the molecule is CCCNCc1ccc(OC2CCOC2)nc1. The molecule has 1 unspecified atom stereocenters. The first-order valence-corrected chi connectivity index (χ1v) is 6.28. The average Bonchev–Trinajstić information content (AvgIpc) is 2.85. The first-order valence-electron chi connectivity index (χ1n) is 6.28. The van der Waals surface area contributed by atoms with Crippen LogP contribution in [0.1, 0.15) is 25.3 Å². The van der Waals surface area contributed by atoms with E-state index in [0.29, 0.717) is 12.5 Å². The van der Waals surface area contributed by atoms with Gasteiger partial charge >= 0.3 is 0 Å². The summed E-state index contributed by atoms with van der Waals surface area (Å²) in [5, 5.41) is 3.34. The molecule has 4 nitrogen and oxygen atoms in total. The maximum atomic E-state index is 5.70. The summed E-state index contributed by atoms with van der Waals surface area (Å²) in [5.41, 5.74) is 1.19. The summed E-state index contributed by atoms with van der Waals surface area (Å²) in [4.78, 5) is 4.30. The van der Waals surface area contributed by atoms with Crippen molar-refractivity contribution in [3.8, 4) is 5.88 Å². The fraction of sp³-hybridized carbons (Fsp3) is 0.615. The van der Waals surface area contributed by atoms with E-state index >= 15 is 0 Å². The highest BCUT2D eigenvalue weighted by Gasteiger charge is 2.17. The van der Waals surface area contributed by atoms with Crippen molar-refractivity contribution in [1.82, 2.24) is 10.3 Å². The van der Waals surface area contributed by atoms with Crippen LogP contribution >= 0.6 is 0 Å². The van der Waals surface area contributed by atoms with Crippen LogP contribution in [0.4, 0.5) is 0 Å². The molecule has 0 amide bonds. The van der Waals surface area contributed by atoms with Crippen molar-refractivity contribution < 1.29 is 9.47 Å². The van der Waals surface area contributed by atoms with Gasteiger partial charge in [0, 0.05) is 25.2 Å². The van der Waals surface area contributed by atoms with E-state index in [2.05, 4.69) is 23.3 Å². The van der Waals surface area contributed by atoms with Gasteiger partial charge in [-0.3, -0.25) is 0 Å². The fourth-order valence-electron chi connectivity index (χ4n) is 1.77. The van der Waals surface area contributed by atoms with E-state index in [1.54, 1.807) is 0 Å². The Bertz CT molecular complexity index is 321. The Labute approximate surface area is 102 Å². The predicted octanol–water partition coefficient (Wildman–Crippen LogP) is 1.75. The molecule has 0 radical (unpaired) electrons. The van der Waals surface area contributed by atoms with Gasteiger partial charge in [0.1, 0.15) is 6.10 Å². The summed E-state index contributed by atoms with van der Waals surface area (Å²) in [7, 11) is 0. The number of nitrogens with one attached hydrogen (secondary N) is 1. The molecule has 1 aliphatic rings. The molecule has 1 N–H and O–H groups in total. The number of ether oxygens (including phenoxy) is 2. The molecule has 0 spiro atoms. The molecule has 1 saturated heterocycles. The van der Waals surface area contributed by atoms with Crippen LogP contribution in [0.15, 0.2) is 18.3 Å². The van der Waals surface area contributed by atoms with Gasteiger partial charge in [-0.1, -0.05) is 13.0 Å². The molecule has 17 heavy (non-hydrogen) atoms. The van der Waals surface area contributed by atoms with Gasteiger partial charge < -0.3 is 14.8 Å². The Hall–Kier alpha value is -1.13. The molecule has 0 aliphatic carbocycles. The number of rotatable bonds is 6. The molecule has 0 saturated carbocycles. The first-order chi connectivity index (χ1) is 8.38. The largest absolute Gasteiger partial charge is 0.472 e. The van der Waals surface area contributed by atoms with Crippen LogP contribution in [0.25, 0.3) is 0 Å². The molecule has 1 atom stereocenters. The number of nitrogens with zero attached hydrogens (tertiary/aromatic N) is 1. The van der Waals surface area contributed by atoms with Gasteiger partial charge in [0.15, 0.2) is 0 Å². The second kappa shape index (κ2) is 6.57.